The van der Waals surface area contributed by atoms with Crippen LogP contribution in [-0.2, 0) is 5.75 Å². The molecule has 0 aliphatic carbocycles. The molecule has 1 unspecified atom stereocenters. The first-order chi connectivity index (χ1) is 6.72. The molecule has 14 heavy (non-hydrogen) atoms. The van der Waals surface area contributed by atoms with E-state index < -0.39 is 0 Å². The maximum Gasteiger partial charge on any atom is 0.0441 e. The van der Waals surface area contributed by atoms with Crippen molar-refractivity contribution in [3.05, 3.63) is 29.8 Å². The third-order valence-electron chi connectivity index (χ3n) is 2.05. The second-order valence-electron chi connectivity index (χ2n) is 3.38. The number of aliphatic hydroxyl groups excluding tert-OH is 1. The number of hydrogen-bond acceptors (Lipinski definition) is 3. The van der Waals surface area contributed by atoms with Gasteiger partial charge in [0.05, 0.1) is 0 Å². The third kappa shape index (κ3) is 4.03. The normalized spacial score (nSPS) is 12.7. The van der Waals surface area contributed by atoms with Crippen LogP contribution in [0.2, 0.25) is 0 Å². The van der Waals surface area contributed by atoms with Crippen LogP contribution in [0.3, 0.4) is 0 Å². The minimum atomic E-state index is 0.274. The highest BCUT2D eigenvalue weighted by Gasteiger charge is 2.01. The predicted molar refractivity (Wildman–Crippen MR) is 63.3 cm³/mol. The zero-order chi connectivity index (χ0) is 10.4. The maximum atomic E-state index is 8.74. The second-order valence-corrected chi connectivity index (χ2v) is 4.80. The molecule has 2 nitrogen and oxygen atoms in total. The van der Waals surface area contributed by atoms with E-state index in [4.69, 9.17) is 10.8 Å². The fourth-order valence-corrected chi connectivity index (χ4v) is 2.06. The Morgan fingerprint density at radius 2 is 2.00 bits per heavy atom. The minimum absolute atomic E-state index is 0.274. The van der Waals surface area contributed by atoms with Crippen molar-refractivity contribution in [2.45, 2.75) is 24.3 Å². The summed E-state index contributed by atoms with van der Waals surface area (Å²) in [6.07, 6.45) is 0.861. The molecular formula is C11H17NOS. The molecule has 1 aromatic rings. The second kappa shape index (κ2) is 5.94. The minimum Gasteiger partial charge on any atom is -0.399 e. The molecule has 0 aliphatic rings. The summed E-state index contributed by atoms with van der Waals surface area (Å²) < 4.78 is 0. The van der Waals surface area contributed by atoms with Gasteiger partial charge >= 0.3 is 0 Å². The van der Waals surface area contributed by atoms with Crippen molar-refractivity contribution in [3.8, 4) is 0 Å². The van der Waals surface area contributed by atoms with Gasteiger partial charge < -0.3 is 10.8 Å². The van der Waals surface area contributed by atoms with E-state index in [1.54, 1.807) is 0 Å². The van der Waals surface area contributed by atoms with E-state index in [-0.39, 0.29) is 6.61 Å². The van der Waals surface area contributed by atoms with Crippen LogP contribution in [0, 0.1) is 0 Å². The summed E-state index contributed by atoms with van der Waals surface area (Å²) in [6, 6.07) is 7.95. The molecule has 3 heteroatoms. The van der Waals surface area contributed by atoms with Crippen molar-refractivity contribution in [3.63, 3.8) is 0 Å². The molecule has 0 heterocycles. The van der Waals surface area contributed by atoms with Gasteiger partial charge in [-0.3, -0.25) is 0 Å². The zero-order valence-corrected chi connectivity index (χ0v) is 9.26. The summed E-state index contributed by atoms with van der Waals surface area (Å²) in [5.74, 6) is 0.988. The van der Waals surface area contributed by atoms with Gasteiger partial charge in [-0.15, -0.1) is 0 Å². The Labute approximate surface area is 89.5 Å². The van der Waals surface area contributed by atoms with E-state index in [0.717, 1.165) is 17.9 Å². The quantitative estimate of drug-likeness (QED) is 0.734. The van der Waals surface area contributed by atoms with E-state index in [1.807, 2.05) is 36.0 Å². The van der Waals surface area contributed by atoms with E-state index in [2.05, 4.69) is 6.92 Å². The van der Waals surface area contributed by atoms with Gasteiger partial charge in [-0.05, 0) is 24.1 Å². The van der Waals surface area contributed by atoms with Gasteiger partial charge in [-0.2, -0.15) is 11.8 Å². The fourth-order valence-electron chi connectivity index (χ4n) is 1.12. The van der Waals surface area contributed by atoms with Gasteiger partial charge in [0.2, 0.25) is 0 Å². The summed E-state index contributed by atoms with van der Waals surface area (Å²) in [5, 5.41) is 9.25. The molecular weight excluding hydrogens is 194 g/mol. The van der Waals surface area contributed by atoms with Gasteiger partial charge in [0.1, 0.15) is 0 Å². The van der Waals surface area contributed by atoms with Gasteiger partial charge in [-0.1, -0.05) is 19.1 Å². The Bertz CT molecular complexity index is 260. The fraction of sp³-hybridized carbons (Fsp3) is 0.455. The first kappa shape index (κ1) is 11.4. The van der Waals surface area contributed by atoms with E-state index in [9.17, 15) is 0 Å². The SMILES string of the molecule is CC(CCO)SCc1ccc(N)cc1. The lowest BCUT2D eigenvalue weighted by Gasteiger charge is -2.09. The van der Waals surface area contributed by atoms with Crippen LogP contribution in [0.15, 0.2) is 24.3 Å². The summed E-state index contributed by atoms with van der Waals surface area (Å²) >= 11 is 1.86. The highest BCUT2D eigenvalue weighted by molar-refractivity contribution is 7.99. The van der Waals surface area contributed by atoms with E-state index in [1.165, 1.54) is 5.56 Å². The number of benzene rings is 1. The highest BCUT2D eigenvalue weighted by Crippen LogP contribution is 2.20. The monoisotopic (exact) mass is 211 g/mol. The molecule has 0 saturated carbocycles. The summed E-state index contributed by atoms with van der Waals surface area (Å²) in [6.45, 7) is 2.41. The smallest absolute Gasteiger partial charge is 0.0441 e. The number of aliphatic hydroxyl groups is 1. The molecule has 0 bridgehead atoms. The highest BCUT2D eigenvalue weighted by atomic mass is 32.2. The molecule has 1 atom stereocenters. The number of anilines is 1. The average Bonchev–Trinajstić information content (AvgIpc) is 2.17. The molecule has 0 aromatic heterocycles. The largest absolute Gasteiger partial charge is 0.399 e. The van der Waals surface area contributed by atoms with Crippen molar-refractivity contribution >= 4 is 17.4 Å². The molecule has 78 valence electrons. The van der Waals surface area contributed by atoms with Crippen molar-refractivity contribution < 1.29 is 5.11 Å². The van der Waals surface area contributed by atoms with Crippen LogP contribution in [0.1, 0.15) is 18.9 Å². The van der Waals surface area contributed by atoms with Gasteiger partial charge in [0.15, 0.2) is 0 Å². The molecule has 0 saturated heterocycles. The molecule has 0 amide bonds. The Morgan fingerprint density at radius 1 is 1.36 bits per heavy atom. The number of hydrogen-bond donors (Lipinski definition) is 2. The lowest BCUT2D eigenvalue weighted by atomic mass is 10.2. The van der Waals surface area contributed by atoms with Crippen molar-refractivity contribution in [1.82, 2.24) is 0 Å². The lowest BCUT2D eigenvalue weighted by Crippen LogP contribution is -1.99. The maximum absolute atomic E-state index is 8.74. The Hall–Kier alpha value is -0.670. The number of nitrogen functional groups attached to an aromatic ring is 1. The van der Waals surface area contributed by atoms with Crippen LogP contribution >= 0.6 is 11.8 Å². The van der Waals surface area contributed by atoms with Gasteiger partial charge in [0.25, 0.3) is 0 Å². The number of nitrogens with two attached hydrogens (primary N) is 1. The van der Waals surface area contributed by atoms with Crippen molar-refractivity contribution in [2.24, 2.45) is 0 Å². The summed E-state index contributed by atoms with van der Waals surface area (Å²) in [4.78, 5) is 0. The molecule has 0 aliphatic heterocycles. The first-order valence-corrected chi connectivity index (χ1v) is 5.84. The Balaban J connectivity index is 2.34. The van der Waals surface area contributed by atoms with Crippen LogP contribution < -0.4 is 5.73 Å². The summed E-state index contributed by atoms with van der Waals surface area (Å²) in [7, 11) is 0. The van der Waals surface area contributed by atoms with Gasteiger partial charge in [0, 0.05) is 23.3 Å². The lowest BCUT2D eigenvalue weighted by molar-refractivity contribution is 0.289. The number of thioether (sulfide) groups is 1. The Kier molecular flexibility index (Phi) is 4.84. The average molecular weight is 211 g/mol. The van der Waals surface area contributed by atoms with Crippen LogP contribution in [0.4, 0.5) is 5.69 Å². The van der Waals surface area contributed by atoms with Crippen LogP contribution in [0.25, 0.3) is 0 Å². The van der Waals surface area contributed by atoms with Crippen LogP contribution in [0.5, 0.6) is 0 Å². The molecule has 0 radical (unpaired) electrons. The van der Waals surface area contributed by atoms with Gasteiger partial charge in [-0.25, -0.2) is 0 Å². The predicted octanol–water partition coefficient (Wildman–Crippen LogP) is 2.27. The third-order valence-corrected chi connectivity index (χ3v) is 3.35. The molecule has 0 spiro atoms. The standard InChI is InChI=1S/C11H17NOS/c1-9(6-7-13)14-8-10-2-4-11(12)5-3-10/h2-5,9,13H,6-8,12H2,1H3. The summed E-state index contributed by atoms with van der Waals surface area (Å²) in [5.41, 5.74) is 7.68. The van der Waals surface area contributed by atoms with Crippen molar-refractivity contribution in [1.29, 1.82) is 0 Å². The topological polar surface area (TPSA) is 46.2 Å². The molecule has 0 fully saturated rings. The zero-order valence-electron chi connectivity index (χ0n) is 8.44. The van der Waals surface area contributed by atoms with E-state index in [0.29, 0.717) is 5.25 Å². The first-order valence-electron chi connectivity index (χ1n) is 4.79. The molecule has 1 aromatic carbocycles. The van der Waals surface area contributed by atoms with Crippen LogP contribution in [-0.4, -0.2) is 17.0 Å². The molecule has 1 rings (SSSR count). The number of rotatable bonds is 5. The van der Waals surface area contributed by atoms with E-state index >= 15 is 0 Å². The van der Waals surface area contributed by atoms with Crippen molar-refractivity contribution in [2.75, 3.05) is 12.3 Å². The molecule has 3 N–H and O–H groups in total. The Morgan fingerprint density at radius 3 is 2.57 bits per heavy atom.